The summed E-state index contributed by atoms with van der Waals surface area (Å²) in [4.78, 5) is 4.27. The maximum absolute atomic E-state index is 5.78. The van der Waals surface area contributed by atoms with Crippen molar-refractivity contribution in [1.29, 1.82) is 0 Å². The van der Waals surface area contributed by atoms with Gasteiger partial charge in [0, 0.05) is 26.1 Å². The maximum atomic E-state index is 5.78. The normalized spacial score (nSPS) is 22.6. The minimum atomic E-state index is 0.412. The van der Waals surface area contributed by atoms with Gasteiger partial charge in [0.15, 0.2) is 0 Å². The lowest BCUT2D eigenvalue weighted by Gasteiger charge is -2.26. The minimum Gasteiger partial charge on any atom is -0.378 e. The Morgan fingerprint density at radius 1 is 1.59 bits per heavy atom. The summed E-state index contributed by atoms with van der Waals surface area (Å²) in [5.41, 5.74) is 0. The molecule has 1 fully saturated rings. The maximum Gasteiger partial charge on any atom is 0.138 e. The third-order valence-electron chi connectivity index (χ3n) is 3.46. The molecule has 0 saturated carbocycles. The van der Waals surface area contributed by atoms with E-state index in [1.165, 1.54) is 19.3 Å². The number of ether oxygens (including phenoxy) is 1. The molecule has 96 valence electrons. The fourth-order valence-corrected chi connectivity index (χ4v) is 2.34. The first-order chi connectivity index (χ1) is 8.29. The zero-order chi connectivity index (χ0) is 12.1. The monoisotopic (exact) mass is 238 g/mol. The van der Waals surface area contributed by atoms with Gasteiger partial charge in [0.05, 0.1) is 6.10 Å². The summed E-state index contributed by atoms with van der Waals surface area (Å²) in [5, 5.41) is 7.45. The predicted octanol–water partition coefficient (Wildman–Crippen LogP) is 0.905. The van der Waals surface area contributed by atoms with E-state index in [1.807, 2.05) is 18.8 Å². The summed E-state index contributed by atoms with van der Waals surface area (Å²) in [6.07, 6.45) is 7.69. The molecule has 1 aromatic rings. The van der Waals surface area contributed by atoms with E-state index >= 15 is 0 Å². The summed E-state index contributed by atoms with van der Waals surface area (Å²) in [5.74, 6) is 1.03. The number of aryl methyl sites for hydroxylation is 1. The second-order valence-corrected chi connectivity index (χ2v) is 4.71. The van der Waals surface area contributed by atoms with Crippen molar-refractivity contribution >= 4 is 0 Å². The Hall–Kier alpha value is -0.940. The van der Waals surface area contributed by atoms with Crippen molar-refractivity contribution in [3.05, 3.63) is 12.2 Å². The molecule has 0 aromatic carbocycles. The molecule has 1 N–H and O–H groups in total. The molecular weight excluding hydrogens is 216 g/mol. The lowest BCUT2D eigenvalue weighted by Crippen LogP contribution is -2.34. The van der Waals surface area contributed by atoms with E-state index in [0.717, 1.165) is 25.3 Å². The van der Waals surface area contributed by atoms with Gasteiger partial charge in [-0.05, 0) is 32.7 Å². The second kappa shape index (κ2) is 6.12. The van der Waals surface area contributed by atoms with Crippen LogP contribution in [0.1, 0.15) is 31.5 Å². The van der Waals surface area contributed by atoms with Crippen LogP contribution in [0.15, 0.2) is 6.33 Å². The summed E-state index contributed by atoms with van der Waals surface area (Å²) in [7, 11) is 3.94. The van der Waals surface area contributed by atoms with Gasteiger partial charge in [-0.15, -0.1) is 0 Å². The van der Waals surface area contributed by atoms with Crippen LogP contribution in [0.4, 0.5) is 0 Å². The van der Waals surface area contributed by atoms with Gasteiger partial charge in [-0.2, -0.15) is 5.10 Å². The molecule has 2 unspecified atom stereocenters. The summed E-state index contributed by atoms with van der Waals surface area (Å²) in [6.45, 7) is 0.922. The van der Waals surface area contributed by atoms with Gasteiger partial charge >= 0.3 is 0 Å². The number of nitrogens with zero attached hydrogens (tertiary/aromatic N) is 3. The molecular formula is C12H22N4O. The molecule has 5 heteroatoms. The van der Waals surface area contributed by atoms with Crippen LogP contribution in [0.5, 0.6) is 0 Å². The van der Waals surface area contributed by atoms with Gasteiger partial charge in [0.1, 0.15) is 12.2 Å². The van der Waals surface area contributed by atoms with Crippen LogP contribution < -0.4 is 5.32 Å². The zero-order valence-electron chi connectivity index (χ0n) is 10.7. The second-order valence-electron chi connectivity index (χ2n) is 4.71. The van der Waals surface area contributed by atoms with E-state index < -0.39 is 0 Å². The molecule has 1 saturated heterocycles. The standard InChI is InChI=1S/C12H22N4O/c1-13-10(7-11-5-3-4-6-17-11)8-12-14-9-15-16(12)2/h9-11,13H,3-8H2,1-2H3. The lowest BCUT2D eigenvalue weighted by atomic mass is 10.00. The van der Waals surface area contributed by atoms with Crippen LogP contribution in [0, 0.1) is 0 Å². The van der Waals surface area contributed by atoms with E-state index in [0.29, 0.717) is 12.1 Å². The Labute approximate surface area is 103 Å². The highest BCUT2D eigenvalue weighted by atomic mass is 16.5. The van der Waals surface area contributed by atoms with Crippen LogP contribution in [-0.4, -0.2) is 40.6 Å². The molecule has 1 aliphatic rings. The molecule has 2 atom stereocenters. The SMILES string of the molecule is CNC(Cc1ncnn1C)CC1CCCCO1. The first-order valence-corrected chi connectivity index (χ1v) is 6.41. The molecule has 5 nitrogen and oxygen atoms in total. The molecule has 0 spiro atoms. The van der Waals surface area contributed by atoms with Crippen LogP contribution >= 0.6 is 0 Å². The van der Waals surface area contributed by atoms with Gasteiger partial charge in [0.25, 0.3) is 0 Å². The van der Waals surface area contributed by atoms with E-state index in [1.54, 1.807) is 6.33 Å². The summed E-state index contributed by atoms with van der Waals surface area (Å²) in [6, 6.07) is 0.418. The van der Waals surface area contributed by atoms with Crippen LogP contribution in [0.2, 0.25) is 0 Å². The summed E-state index contributed by atoms with van der Waals surface area (Å²) >= 11 is 0. The fraction of sp³-hybridized carbons (Fsp3) is 0.833. The third kappa shape index (κ3) is 3.51. The zero-order valence-corrected chi connectivity index (χ0v) is 10.7. The fourth-order valence-electron chi connectivity index (χ4n) is 2.34. The van der Waals surface area contributed by atoms with Gasteiger partial charge in [-0.25, -0.2) is 4.98 Å². The van der Waals surface area contributed by atoms with E-state index in [2.05, 4.69) is 15.4 Å². The van der Waals surface area contributed by atoms with Crippen molar-refractivity contribution in [2.24, 2.45) is 7.05 Å². The summed E-state index contributed by atoms with van der Waals surface area (Å²) < 4.78 is 7.62. The number of likely N-dealkylation sites (N-methyl/N-ethyl adjacent to an activating group) is 1. The van der Waals surface area contributed by atoms with E-state index in [9.17, 15) is 0 Å². The van der Waals surface area contributed by atoms with Crippen molar-refractivity contribution in [3.8, 4) is 0 Å². The quantitative estimate of drug-likeness (QED) is 0.828. The third-order valence-corrected chi connectivity index (χ3v) is 3.46. The number of hydrogen-bond donors (Lipinski definition) is 1. The largest absolute Gasteiger partial charge is 0.378 e. The first kappa shape index (κ1) is 12.5. The van der Waals surface area contributed by atoms with Crippen molar-refractivity contribution in [2.45, 2.75) is 44.2 Å². The molecule has 17 heavy (non-hydrogen) atoms. The smallest absolute Gasteiger partial charge is 0.138 e. The highest BCUT2D eigenvalue weighted by Gasteiger charge is 2.20. The van der Waals surface area contributed by atoms with Gasteiger partial charge in [-0.1, -0.05) is 0 Å². The van der Waals surface area contributed by atoms with E-state index in [4.69, 9.17) is 4.74 Å². The van der Waals surface area contributed by atoms with Crippen molar-refractivity contribution in [3.63, 3.8) is 0 Å². The van der Waals surface area contributed by atoms with Gasteiger partial charge in [0.2, 0.25) is 0 Å². The lowest BCUT2D eigenvalue weighted by molar-refractivity contribution is 0.00554. The molecule has 2 rings (SSSR count). The Kier molecular flexibility index (Phi) is 4.50. The molecule has 0 amide bonds. The minimum absolute atomic E-state index is 0.412. The number of rotatable bonds is 5. The Morgan fingerprint density at radius 2 is 2.47 bits per heavy atom. The van der Waals surface area contributed by atoms with Crippen molar-refractivity contribution in [1.82, 2.24) is 20.1 Å². The van der Waals surface area contributed by atoms with Crippen molar-refractivity contribution < 1.29 is 4.74 Å². The van der Waals surface area contributed by atoms with Gasteiger partial charge < -0.3 is 10.1 Å². The van der Waals surface area contributed by atoms with E-state index in [-0.39, 0.29) is 0 Å². The van der Waals surface area contributed by atoms with Crippen LogP contribution in [0.25, 0.3) is 0 Å². The number of aromatic nitrogens is 3. The average molecular weight is 238 g/mol. The molecule has 0 aliphatic carbocycles. The predicted molar refractivity (Wildman–Crippen MR) is 65.8 cm³/mol. The highest BCUT2D eigenvalue weighted by Crippen LogP contribution is 2.18. The molecule has 1 aromatic heterocycles. The van der Waals surface area contributed by atoms with Crippen LogP contribution in [-0.2, 0) is 18.2 Å². The Bertz CT molecular complexity index is 333. The van der Waals surface area contributed by atoms with Gasteiger partial charge in [-0.3, -0.25) is 4.68 Å². The molecule has 2 heterocycles. The van der Waals surface area contributed by atoms with Crippen LogP contribution in [0.3, 0.4) is 0 Å². The number of hydrogen-bond acceptors (Lipinski definition) is 4. The Balaban J connectivity index is 1.85. The number of nitrogens with one attached hydrogen (secondary N) is 1. The molecule has 0 radical (unpaired) electrons. The Morgan fingerprint density at radius 3 is 3.06 bits per heavy atom. The molecule has 0 bridgehead atoms. The average Bonchev–Trinajstić information content (AvgIpc) is 2.75. The topological polar surface area (TPSA) is 52.0 Å². The highest BCUT2D eigenvalue weighted by molar-refractivity contribution is 4.89. The van der Waals surface area contributed by atoms with Crippen molar-refractivity contribution in [2.75, 3.05) is 13.7 Å². The first-order valence-electron chi connectivity index (χ1n) is 6.41. The molecule has 1 aliphatic heterocycles.